The number of H-pyrrole nitrogens is 1. The third-order valence-corrected chi connectivity index (χ3v) is 1.20. The summed E-state index contributed by atoms with van der Waals surface area (Å²) in [5.41, 5.74) is 1.30. The molecule has 9 heavy (non-hydrogen) atoms. The van der Waals surface area contributed by atoms with Crippen molar-refractivity contribution < 1.29 is 1.43 Å². The quantitative estimate of drug-likeness (QED) is 0.643. The van der Waals surface area contributed by atoms with E-state index in [1.807, 2.05) is 12.4 Å². The predicted molar refractivity (Wildman–Crippen MR) is 39.2 cm³/mol. The van der Waals surface area contributed by atoms with Gasteiger partial charge in [-0.2, -0.15) is 5.10 Å². The minimum absolute atomic E-state index is 0. The maximum Gasteiger partial charge on any atom is 0.0519 e. The highest BCUT2D eigenvalue weighted by Gasteiger charge is 1.96. The van der Waals surface area contributed by atoms with Gasteiger partial charge in [0.05, 0.1) is 6.20 Å². The molecule has 0 aromatic carbocycles. The molecule has 0 bridgehead atoms. The first kappa shape index (κ1) is 6.33. The monoisotopic (exact) mass is 126 g/mol. The van der Waals surface area contributed by atoms with Crippen LogP contribution in [0.2, 0.25) is 0 Å². The van der Waals surface area contributed by atoms with Crippen LogP contribution in [0.25, 0.3) is 0 Å². The zero-order valence-corrected chi connectivity index (χ0v) is 5.89. The van der Waals surface area contributed by atoms with E-state index in [2.05, 4.69) is 24.0 Å². The maximum atomic E-state index is 3.85. The van der Waals surface area contributed by atoms with Crippen molar-refractivity contribution in [1.82, 2.24) is 10.2 Å². The van der Waals surface area contributed by atoms with Crippen molar-refractivity contribution in [2.24, 2.45) is 5.92 Å². The van der Waals surface area contributed by atoms with Crippen LogP contribution in [0, 0.1) is 5.92 Å². The van der Waals surface area contributed by atoms with Gasteiger partial charge >= 0.3 is 0 Å². The topological polar surface area (TPSA) is 28.7 Å². The van der Waals surface area contributed by atoms with Gasteiger partial charge in [0.25, 0.3) is 0 Å². The fourth-order valence-corrected chi connectivity index (χ4v) is 0.861. The van der Waals surface area contributed by atoms with E-state index in [0.717, 1.165) is 12.3 Å². The van der Waals surface area contributed by atoms with E-state index in [1.54, 1.807) is 0 Å². The Balaban J connectivity index is 0.000000810. The summed E-state index contributed by atoms with van der Waals surface area (Å²) in [6, 6.07) is 0. The molecule has 0 atom stereocenters. The molecule has 1 heterocycles. The van der Waals surface area contributed by atoms with Crippen molar-refractivity contribution in [2.45, 2.75) is 20.3 Å². The Morgan fingerprint density at radius 2 is 2.56 bits per heavy atom. The van der Waals surface area contributed by atoms with Gasteiger partial charge in [-0.3, -0.25) is 5.10 Å². The first-order valence-corrected chi connectivity index (χ1v) is 3.26. The summed E-state index contributed by atoms with van der Waals surface area (Å²) in [5, 5.41) is 6.64. The van der Waals surface area contributed by atoms with Crippen LogP contribution in [0.4, 0.5) is 0 Å². The Hall–Kier alpha value is -0.790. The van der Waals surface area contributed by atoms with Crippen LogP contribution >= 0.6 is 0 Å². The molecule has 0 saturated carbocycles. The van der Waals surface area contributed by atoms with Gasteiger partial charge in [0, 0.05) is 7.62 Å². The minimum Gasteiger partial charge on any atom is -0.285 e. The van der Waals surface area contributed by atoms with Crippen molar-refractivity contribution in [1.29, 1.82) is 0 Å². The van der Waals surface area contributed by atoms with Gasteiger partial charge in [-0.1, -0.05) is 13.8 Å². The third kappa shape index (κ3) is 1.88. The lowest BCUT2D eigenvalue weighted by molar-refractivity contribution is 0.647. The number of nitrogens with zero attached hydrogens (tertiary/aromatic N) is 1. The average molecular weight is 126 g/mol. The van der Waals surface area contributed by atoms with Gasteiger partial charge in [-0.05, 0) is 17.9 Å². The van der Waals surface area contributed by atoms with Gasteiger partial charge in [0.1, 0.15) is 0 Å². The van der Waals surface area contributed by atoms with E-state index >= 15 is 0 Å². The number of hydrogen-bond acceptors (Lipinski definition) is 1. The summed E-state index contributed by atoms with van der Waals surface area (Å²) in [5.74, 6) is 0.725. The van der Waals surface area contributed by atoms with E-state index < -0.39 is 0 Å². The summed E-state index contributed by atoms with van der Waals surface area (Å²) >= 11 is 0. The highest BCUT2D eigenvalue weighted by atomic mass is 15.1. The molecule has 2 heteroatoms. The Bertz CT molecular complexity index is 158. The number of aromatic amines is 1. The first-order chi connectivity index (χ1) is 4.29. The van der Waals surface area contributed by atoms with Gasteiger partial charge in [-0.25, -0.2) is 0 Å². The zero-order chi connectivity index (χ0) is 6.69. The number of nitrogens with one attached hydrogen (secondary N) is 1. The standard InChI is InChI=1S/C7H12N2.H2/c1-6(2)3-7-4-8-9-5-7;/h4-6H,3H2,1-2H3,(H,8,9);1H. The number of aromatic nitrogens is 2. The molecular weight excluding hydrogens is 112 g/mol. The van der Waals surface area contributed by atoms with E-state index in [9.17, 15) is 0 Å². The second kappa shape index (κ2) is 2.67. The zero-order valence-electron chi connectivity index (χ0n) is 5.89. The van der Waals surface area contributed by atoms with Crippen LogP contribution in [0.5, 0.6) is 0 Å². The van der Waals surface area contributed by atoms with Crippen molar-refractivity contribution in [3.8, 4) is 0 Å². The normalized spacial score (nSPS) is 10.6. The molecule has 52 valence electrons. The molecule has 1 aromatic rings. The van der Waals surface area contributed by atoms with Gasteiger partial charge in [-0.15, -0.1) is 0 Å². The van der Waals surface area contributed by atoms with E-state index in [1.165, 1.54) is 5.56 Å². The maximum absolute atomic E-state index is 3.85. The van der Waals surface area contributed by atoms with E-state index in [-0.39, 0.29) is 1.43 Å². The van der Waals surface area contributed by atoms with Crippen molar-refractivity contribution in [3.05, 3.63) is 18.0 Å². The molecule has 2 nitrogen and oxygen atoms in total. The Kier molecular flexibility index (Phi) is 1.88. The highest BCUT2D eigenvalue weighted by molar-refractivity contribution is 5.02. The molecule has 0 aliphatic heterocycles. The van der Waals surface area contributed by atoms with Gasteiger partial charge < -0.3 is 0 Å². The lowest BCUT2D eigenvalue weighted by Crippen LogP contribution is -1.90. The summed E-state index contributed by atoms with van der Waals surface area (Å²) in [4.78, 5) is 0. The SMILES string of the molecule is CC(C)Cc1cn[nH]c1.[HH]. The molecule has 0 fully saturated rings. The van der Waals surface area contributed by atoms with Crippen LogP contribution in [-0.4, -0.2) is 10.2 Å². The molecule has 0 aliphatic carbocycles. The van der Waals surface area contributed by atoms with E-state index in [4.69, 9.17) is 0 Å². The van der Waals surface area contributed by atoms with Gasteiger partial charge in [0.2, 0.25) is 0 Å². The smallest absolute Gasteiger partial charge is 0.0519 e. The predicted octanol–water partition coefficient (Wildman–Crippen LogP) is 1.85. The summed E-state index contributed by atoms with van der Waals surface area (Å²) in [7, 11) is 0. The highest BCUT2D eigenvalue weighted by Crippen LogP contribution is 2.03. The largest absolute Gasteiger partial charge is 0.285 e. The lowest BCUT2D eigenvalue weighted by atomic mass is 10.1. The molecule has 0 amide bonds. The first-order valence-electron chi connectivity index (χ1n) is 3.26. The molecular formula is C7H14N2. The fraction of sp³-hybridized carbons (Fsp3) is 0.571. The third-order valence-electron chi connectivity index (χ3n) is 1.20. The second-order valence-electron chi connectivity index (χ2n) is 2.70. The van der Waals surface area contributed by atoms with Crippen molar-refractivity contribution in [3.63, 3.8) is 0 Å². The van der Waals surface area contributed by atoms with E-state index in [0.29, 0.717) is 0 Å². The molecule has 1 N–H and O–H groups in total. The van der Waals surface area contributed by atoms with Gasteiger partial charge in [0.15, 0.2) is 0 Å². The van der Waals surface area contributed by atoms with Crippen LogP contribution in [0.1, 0.15) is 20.8 Å². The van der Waals surface area contributed by atoms with Crippen LogP contribution in [-0.2, 0) is 6.42 Å². The summed E-state index contributed by atoms with van der Waals surface area (Å²) < 4.78 is 0. The molecule has 1 aromatic heterocycles. The minimum atomic E-state index is 0. The lowest BCUT2D eigenvalue weighted by Gasteiger charge is -1.98. The summed E-state index contributed by atoms with van der Waals surface area (Å²) in [6.07, 6.45) is 4.94. The average Bonchev–Trinajstić information content (AvgIpc) is 2.15. The Morgan fingerprint density at radius 1 is 1.78 bits per heavy atom. The second-order valence-corrected chi connectivity index (χ2v) is 2.70. The van der Waals surface area contributed by atoms with Crippen LogP contribution < -0.4 is 0 Å². The molecule has 0 unspecified atom stereocenters. The molecule has 1 rings (SSSR count). The fourth-order valence-electron chi connectivity index (χ4n) is 0.861. The molecule has 0 aliphatic rings. The number of rotatable bonds is 2. The van der Waals surface area contributed by atoms with Crippen LogP contribution in [0.15, 0.2) is 12.4 Å². The van der Waals surface area contributed by atoms with Crippen molar-refractivity contribution in [2.75, 3.05) is 0 Å². The van der Waals surface area contributed by atoms with Crippen LogP contribution in [0.3, 0.4) is 0 Å². The Morgan fingerprint density at radius 3 is 3.00 bits per heavy atom. The molecule has 0 spiro atoms. The number of hydrogen-bond donors (Lipinski definition) is 1. The Labute approximate surface area is 56.8 Å². The summed E-state index contributed by atoms with van der Waals surface area (Å²) in [6.45, 7) is 4.40. The molecule has 0 saturated heterocycles. The molecule has 0 radical (unpaired) electrons. The van der Waals surface area contributed by atoms with Crippen molar-refractivity contribution >= 4 is 0 Å².